The van der Waals surface area contributed by atoms with E-state index in [0.29, 0.717) is 17.0 Å². The molecule has 114 valence electrons. The Morgan fingerprint density at radius 1 is 1.13 bits per heavy atom. The molecule has 0 saturated carbocycles. The second-order valence-electron chi connectivity index (χ2n) is 4.98. The Kier molecular flexibility index (Phi) is 4.31. The van der Waals surface area contributed by atoms with E-state index in [4.69, 9.17) is 5.26 Å². The summed E-state index contributed by atoms with van der Waals surface area (Å²) in [6.07, 6.45) is 0. The molecule has 23 heavy (non-hydrogen) atoms. The smallest absolute Gasteiger partial charge is 0.191 e. The standard InChI is InChI=1S/C17H14N4OS/c1-21-16(14-4-2-3-5-15(14)22)19-20-17(21)23-11-13-8-6-12(10-18)7-9-13/h2-9,22H,11H2,1H3. The highest BCUT2D eigenvalue weighted by atomic mass is 32.2. The molecule has 0 spiro atoms. The second-order valence-corrected chi connectivity index (χ2v) is 5.92. The monoisotopic (exact) mass is 322 g/mol. The molecule has 0 saturated heterocycles. The zero-order valence-electron chi connectivity index (χ0n) is 12.5. The molecule has 0 amide bonds. The van der Waals surface area contributed by atoms with E-state index in [-0.39, 0.29) is 5.75 Å². The Bertz CT molecular complexity index is 865. The van der Waals surface area contributed by atoms with E-state index in [9.17, 15) is 5.11 Å². The van der Waals surface area contributed by atoms with E-state index in [1.807, 2.05) is 35.9 Å². The van der Waals surface area contributed by atoms with Gasteiger partial charge >= 0.3 is 0 Å². The molecule has 0 unspecified atom stereocenters. The van der Waals surface area contributed by atoms with Gasteiger partial charge < -0.3 is 9.67 Å². The number of aromatic hydroxyl groups is 1. The van der Waals surface area contributed by atoms with Crippen LogP contribution in [0.1, 0.15) is 11.1 Å². The van der Waals surface area contributed by atoms with Crippen molar-refractivity contribution in [3.8, 4) is 23.2 Å². The number of phenols is 1. The highest BCUT2D eigenvalue weighted by Gasteiger charge is 2.14. The molecule has 0 aliphatic rings. The van der Waals surface area contributed by atoms with E-state index in [1.165, 1.54) is 0 Å². The van der Waals surface area contributed by atoms with Crippen LogP contribution in [0, 0.1) is 11.3 Å². The van der Waals surface area contributed by atoms with Crippen LogP contribution in [0.25, 0.3) is 11.4 Å². The molecule has 0 aliphatic carbocycles. The Balaban J connectivity index is 1.77. The fourth-order valence-electron chi connectivity index (χ4n) is 2.16. The predicted octanol–water partition coefficient (Wildman–Crippen LogP) is 3.35. The molecular formula is C17H14N4OS. The molecule has 6 heteroatoms. The van der Waals surface area contributed by atoms with Crippen molar-refractivity contribution in [3.05, 3.63) is 59.7 Å². The van der Waals surface area contributed by atoms with Gasteiger partial charge in [0.15, 0.2) is 11.0 Å². The van der Waals surface area contributed by atoms with Gasteiger partial charge in [-0.25, -0.2) is 0 Å². The minimum absolute atomic E-state index is 0.187. The van der Waals surface area contributed by atoms with Crippen LogP contribution in [-0.4, -0.2) is 19.9 Å². The summed E-state index contributed by atoms with van der Waals surface area (Å²) in [5.41, 5.74) is 2.42. The van der Waals surface area contributed by atoms with Crippen LogP contribution in [0.15, 0.2) is 53.7 Å². The number of thioether (sulfide) groups is 1. The van der Waals surface area contributed by atoms with Crippen molar-refractivity contribution in [1.82, 2.24) is 14.8 Å². The van der Waals surface area contributed by atoms with Gasteiger partial charge in [0.2, 0.25) is 0 Å². The molecule has 1 N–H and O–H groups in total. The van der Waals surface area contributed by atoms with Crippen LogP contribution in [-0.2, 0) is 12.8 Å². The number of hydrogen-bond donors (Lipinski definition) is 1. The average molecular weight is 322 g/mol. The molecule has 2 aromatic carbocycles. The molecule has 3 aromatic rings. The molecule has 0 radical (unpaired) electrons. The van der Waals surface area contributed by atoms with E-state index in [1.54, 1.807) is 36.0 Å². The quantitative estimate of drug-likeness (QED) is 0.746. The van der Waals surface area contributed by atoms with E-state index in [0.717, 1.165) is 16.5 Å². The Morgan fingerprint density at radius 2 is 1.87 bits per heavy atom. The zero-order valence-corrected chi connectivity index (χ0v) is 13.3. The fraction of sp³-hybridized carbons (Fsp3) is 0.118. The second kappa shape index (κ2) is 6.55. The van der Waals surface area contributed by atoms with Crippen molar-refractivity contribution in [2.45, 2.75) is 10.9 Å². The van der Waals surface area contributed by atoms with Crippen LogP contribution in [0.2, 0.25) is 0 Å². The molecule has 1 heterocycles. The van der Waals surface area contributed by atoms with Crippen molar-refractivity contribution in [1.29, 1.82) is 5.26 Å². The number of benzene rings is 2. The third-order valence-corrected chi connectivity index (χ3v) is 4.52. The van der Waals surface area contributed by atoms with Crippen molar-refractivity contribution >= 4 is 11.8 Å². The van der Waals surface area contributed by atoms with Crippen molar-refractivity contribution in [3.63, 3.8) is 0 Å². The summed E-state index contributed by atoms with van der Waals surface area (Å²) in [5, 5.41) is 27.9. The van der Waals surface area contributed by atoms with Gasteiger partial charge in [-0.2, -0.15) is 5.26 Å². The third kappa shape index (κ3) is 3.20. The minimum Gasteiger partial charge on any atom is -0.507 e. The summed E-state index contributed by atoms with van der Waals surface area (Å²) in [6, 6.07) is 16.7. The summed E-state index contributed by atoms with van der Waals surface area (Å²) < 4.78 is 1.86. The Morgan fingerprint density at radius 3 is 2.57 bits per heavy atom. The Labute approximate surface area is 138 Å². The van der Waals surface area contributed by atoms with Crippen LogP contribution >= 0.6 is 11.8 Å². The largest absolute Gasteiger partial charge is 0.507 e. The molecule has 0 bridgehead atoms. The summed E-state index contributed by atoms with van der Waals surface area (Å²) >= 11 is 1.56. The molecule has 5 nitrogen and oxygen atoms in total. The van der Waals surface area contributed by atoms with Gasteiger partial charge in [-0.05, 0) is 29.8 Å². The first-order chi connectivity index (χ1) is 11.2. The number of para-hydroxylation sites is 1. The van der Waals surface area contributed by atoms with Gasteiger partial charge in [0.25, 0.3) is 0 Å². The first kappa shape index (κ1) is 15.1. The lowest BCUT2D eigenvalue weighted by Gasteiger charge is -2.05. The lowest BCUT2D eigenvalue weighted by atomic mass is 10.2. The molecule has 3 rings (SSSR count). The number of hydrogen-bond acceptors (Lipinski definition) is 5. The normalized spacial score (nSPS) is 10.4. The first-order valence-corrected chi connectivity index (χ1v) is 7.97. The number of nitriles is 1. The third-order valence-electron chi connectivity index (χ3n) is 3.43. The Hall–Kier alpha value is -2.78. The van der Waals surface area contributed by atoms with Gasteiger partial charge in [0.1, 0.15) is 5.75 Å². The van der Waals surface area contributed by atoms with Crippen LogP contribution < -0.4 is 0 Å². The van der Waals surface area contributed by atoms with E-state index < -0.39 is 0 Å². The number of aromatic nitrogens is 3. The van der Waals surface area contributed by atoms with Gasteiger partial charge in [-0.3, -0.25) is 0 Å². The molecule has 0 fully saturated rings. The highest BCUT2D eigenvalue weighted by Crippen LogP contribution is 2.30. The topological polar surface area (TPSA) is 74.7 Å². The summed E-state index contributed by atoms with van der Waals surface area (Å²) in [5.74, 6) is 1.55. The first-order valence-electron chi connectivity index (χ1n) is 6.98. The zero-order chi connectivity index (χ0) is 16.2. The van der Waals surface area contributed by atoms with Gasteiger partial charge in [0.05, 0.1) is 17.2 Å². The minimum atomic E-state index is 0.187. The number of rotatable bonds is 4. The van der Waals surface area contributed by atoms with Crippen LogP contribution in [0.5, 0.6) is 5.75 Å². The molecular weight excluding hydrogens is 308 g/mol. The number of nitrogens with zero attached hydrogens (tertiary/aromatic N) is 4. The maximum atomic E-state index is 9.94. The summed E-state index contributed by atoms with van der Waals surface area (Å²) in [4.78, 5) is 0. The van der Waals surface area contributed by atoms with Gasteiger partial charge in [-0.15, -0.1) is 10.2 Å². The SMILES string of the molecule is Cn1c(SCc2ccc(C#N)cc2)nnc1-c1ccccc1O. The molecule has 1 aromatic heterocycles. The van der Waals surface area contributed by atoms with E-state index in [2.05, 4.69) is 16.3 Å². The fourth-order valence-corrected chi connectivity index (χ4v) is 3.03. The van der Waals surface area contributed by atoms with Crippen molar-refractivity contribution in [2.24, 2.45) is 7.05 Å². The maximum absolute atomic E-state index is 9.94. The number of phenolic OH excluding ortho intramolecular Hbond substituents is 1. The predicted molar refractivity (Wildman–Crippen MR) is 88.8 cm³/mol. The van der Waals surface area contributed by atoms with Crippen LogP contribution in [0.4, 0.5) is 0 Å². The molecule has 0 atom stereocenters. The van der Waals surface area contributed by atoms with E-state index >= 15 is 0 Å². The van der Waals surface area contributed by atoms with Crippen molar-refractivity contribution in [2.75, 3.05) is 0 Å². The summed E-state index contributed by atoms with van der Waals surface area (Å²) in [7, 11) is 1.88. The lowest BCUT2D eigenvalue weighted by Crippen LogP contribution is -1.95. The maximum Gasteiger partial charge on any atom is 0.191 e. The van der Waals surface area contributed by atoms with Gasteiger partial charge in [-0.1, -0.05) is 36.0 Å². The van der Waals surface area contributed by atoms with Gasteiger partial charge in [0, 0.05) is 12.8 Å². The van der Waals surface area contributed by atoms with Crippen LogP contribution in [0.3, 0.4) is 0 Å². The lowest BCUT2D eigenvalue weighted by molar-refractivity contribution is 0.476. The summed E-state index contributed by atoms with van der Waals surface area (Å²) in [6.45, 7) is 0. The van der Waals surface area contributed by atoms with Crippen molar-refractivity contribution < 1.29 is 5.11 Å². The highest BCUT2D eigenvalue weighted by molar-refractivity contribution is 7.98. The average Bonchev–Trinajstić information content (AvgIpc) is 2.94. The molecule has 0 aliphatic heterocycles.